The van der Waals surface area contributed by atoms with Crippen LogP contribution in [0.4, 0.5) is 0 Å². The molecule has 1 aromatic carbocycles. The fourth-order valence-electron chi connectivity index (χ4n) is 2.20. The molecule has 0 aliphatic heterocycles. The Bertz CT molecular complexity index is 585. The van der Waals surface area contributed by atoms with Crippen molar-refractivity contribution in [3.8, 4) is 23.0 Å². The molecule has 1 aliphatic carbocycles. The van der Waals surface area contributed by atoms with Crippen molar-refractivity contribution in [2.24, 2.45) is 11.7 Å². The third kappa shape index (κ3) is 2.22. The number of hydrogen-bond donors (Lipinski definition) is 1. The Balaban J connectivity index is 2.00. The summed E-state index contributed by atoms with van der Waals surface area (Å²) in [6.07, 6.45) is 2.26. The third-order valence-electron chi connectivity index (χ3n) is 3.51. The maximum Gasteiger partial charge on any atom is 0.265 e. The van der Waals surface area contributed by atoms with Gasteiger partial charge in [-0.2, -0.15) is 4.98 Å². The van der Waals surface area contributed by atoms with E-state index in [-0.39, 0.29) is 6.04 Å². The Morgan fingerprint density at radius 3 is 2.45 bits per heavy atom. The molecular formula is C14H17N3O3. The quantitative estimate of drug-likeness (QED) is 0.900. The average Bonchev–Trinajstić information content (AvgIpc) is 3.23. The van der Waals surface area contributed by atoms with Gasteiger partial charge in [0.15, 0.2) is 5.82 Å². The molecule has 1 aliphatic rings. The summed E-state index contributed by atoms with van der Waals surface area (Å²) in [6, 6.07) is 5.33. The highest BCUT2D eigenvalue weighted by molar-refractivity contribution is 5.70. The van der Waals surface area contributed by atoms with E-state index in [1.807, 2.05) is 18.2 Å². The molecule has 1 unspecified atom stereocenters. The van der Waals surface area contributed by atoms with Crippen LogP contribution in [0, 0.1) is 5.92 Å². The lowest BCUT2D eigenvalue weighted by atomic mass is 10.1. The second-order valence-corrected chi connectivity index (χ2v) is 4.86. The summed E-state index contributed by atoms with van der Waals surface area (Å²) in [7, 11) is 3.18. The number of benzene rings is 1. The normalized spacial score (nSPS) is 15.9. The highest BCUT2D eigenvalue weighted by Gasteiger charge is 2.33. The summed E-state index contributed by atoms with van der Waals surface area (Å²) in [4.78, 5) is 4.40. The van der Waals surface area contributed by atoms with Gasteiger partial charge >= 0.3 is 0 Å². The van der Waals surface area contributed by atoms with Gasteiger partial charge in [0.05, 0.1) is 20.3 Å². The first-order valence-electron chi connectivity index (χ1n) is 6.55. The van der Waals surface area contributed by atoms with E-state index < -0.39 is 0 Å². The van der Waals surface area contributed by atoms with Gasteiger partial charge in [-0.05, 0) is 30.9 Å². The smallest absolute Gasteiger partial charge is 0.265 e. The number of nitrogens with zero attached hydrogens (tertiary/aromatic N) is 2. The van der Waals surface area contributed by atoms with Crippen molar-refractivity contribution in [1.82, 2.24) is 10.1 Å². The Morgan fingerprint density at radius 1 is 1.25 bits per heavy atom. The van der Waals surface area contributed by atoms with Gasteiger partial charge in [-0.15, -0.1) is 0 Å². The number of rotatable bonds is 5. The highest BCUT2D eigenvalue weighted by Crippen LogP contribution is 2.41. The maximum absolute atomic E-state index is 6.09. The monoisotopic (exact) mass is 275 g/mol. The molecule has 0 amide bonds. The molecular weight excluding hydrogens is 258 g/mol. The van der Waals surface area contributed by atoms with Crippen LogP contribution < -0.4 is 15.2 Å². The first-order valence-corrected chi connectivity index (χ1v) is 6.55. The van der Waals surface area contributed by atoms with Gasteiger partial charge in [0.1, 0.15) is 17.1 Å². The molecule has 0 saturated heterocycles. The van der Waals surface area contributed by atoms with Crippen molar-refractivity contribution < 1.29 is 14.0 Å². The molecule has 0 bridgehead atoms. The fourth-order valence-corrected chi connectivity index (χ4v) is 2.20. The number of methoxy groups -OCH3 is 2. The van der Waals surface area contributed by atoms with Crippen LogP contribution in [0.5, 0.6) is 11.5 Å². The summed E-state index contributed by atoms with van der Waals surface area (Å²) in [5.74, 6) is 2.62. The van der Waals surface area contributed by atoms with Crippen molar-refractivity contribution in [1.29, 1.82) is 0 Å². The summed E-state index contributed by atoms with van der Waals surface area (Å²) >= 11 is 0. The van der Waals surface area contributed by atoms with E-state index in [0.717, 1.165) is 12.8 Å². The number of hydrogen-bond acceptors (Lipinski definition) is 6. The lowest BCUT2D eigenvalue weighted by Crippen LogP contribution is -2.13. The zero-order chi connectivity index (χ0) is 14.1. The van der Waals surface area contributed by atoms with Gasteiger partial charge in [0.25, 0.3) is 5.89 Å². The Hall–Kier alpha value is -2.08. The fraction of sp³-hybridized carbons (Fsp3) is 0.429. The average molecular weight is 275 g/mol. The van der Waals surface area contributed by atoms with E-state index in [9.17, 15) is 0 Å². The molecule has 0 radical (unpaired) electrons. The summed E-state index contributed by atoms with van der Waals surface area (Å²) in [5.41, 5.74) is 6.74. The second kappa shape index (κ2) is 5.13. The highest BCUT2D eigenvalue weighted by atomic mass is 16.5. The standard InChI is InChI=1S/C14H17N3O3/c1-18-9-4-3-5-10(19-2)11(9)14-16-13(17-20-14)12(15)8-6-7-8/h3-5,8,12H,6-7,15H2,1-2H3. The molecule has 1 heterocycles. The van der Waals surface area contributed by atoms with Gasteiger partial charge in [-0.3, -0.25) is 0 Å². The molecule has 3 rings (SSSR count). The predicted octanol–water partition coefficient (Wildman–Crippen LogP) is 2.16. The molecule has 106 valence electrons. The van der Waals surface area contributed by atoms with Crippen LogP contribution in [0.3, 0.4) is 0 Å². The second-order valence-electron chi connectivity index (χ2n) is 4.86. The van der Waals surface area contributed by atoms with Gasteiger partial charge in [-0.25, -0.2) is 0 Å². The van der Waals surface area contributed by atoms with E-state index in [1.54, 1.807) is 14.2 Å². The molecule has 1 fully saturated rings. The zero-order valence-corrected chi connectivity index (χ0v) is 11.5. The van der Waals surface area contributed by atoms with Crippen LogP contribution in [0.1, 0.15) is 24.7 Å². The lowest BCUT2D eigenvalue weighted by molar-refractivity contribution is 0.382. The number of aromatic nitrogens is 2. The summed E-state index contributed by atoms with van der Waals surface area (Å²) in [5, 5.41) is 3.98. The van der Waals surface area contributed by atoms with Crippen molar-refractivity contribution in [2.45, 2.75) is 18.9 Å². The molecule has 1 saturated carbocycles. The Morgan fingerprint density at radius 2 is 1.90 bits per heavy atom. The van der Waals surface area contributed by atoms with Crippen LogP contribution >= 0.6 is 0 Å². The van der Waals surface area contributed by atoms with Crippen LogP contribution in [0.2, 0.25) is 0 Å². The zero-order valence-electron chi connectivity index (χ0n) is 11.5. The Labute approximate surface area is 116 Å². The van der Waals surface area contributed by atoms with Crippen LogP contribution in [-0.2, 0) is 0 Å². The molecule has 2 N–H and O–H groups in total. The first kappa shape index (κ1) is 12.9. The minimum atomic E-state index is -0.159. The van der Waals surface area contributed by atoms with E-state index in [1.165, 1.54) is 0 Å². The molecule has 6 heteroatoms. The first-order chi connectivity index (χ1) is 9.74. The molecule has 0 spiro atoms. The minimum Gasteiger partial charge on any atom is -0.496 e. The summed E-state index contributed by atoms with van der Waals surface area (Å²) in [6.45, 7) is 0. The molecule has 1 atom stereocenters. The van der Waals surface area contributed by atoms with Crippen LogP contribution in [0.15, 0.2) is 22.7 Å². The van der Waals surface area contributed by atoms with E-state index in [2.05, 4.69) is 10.1 Å². The van der Waals surface area contributed by atoms with Crippen LogP contribution in [0.25, 0.3) is 11.5 Å². The van der Waals surface area contributed by atoms with Gasteiger partial charge < -0.3 is 19.7 Å². The third-order valence-corrected chi connectivity index (χ3v) is 3.51. The van der Waals surface area contributed by atoms with Gasteiger partial charge in [0.2, 0.25) is 0 Å². The lowest BCUT2D eigenvalue weighted by Gasteiger charge is -2.09. The molecule has 6 nitrogen and oxygen atoms in total. The van der Waals surface area contributed by atoms with E-state index in [0.29, 0.717) is 34.7 Å². The van der Waals surface area contributed by atoms with E-state index in [4.69, 9.17) is 19.7 Å². The van der Waals surface area contributed by atoms with Crippen molar-refractivity contribution in [2.75, 3.05) is 14.2 Å². The largest absolute Gasteiger partial charge is 0.496 e. The van der Waals surface area contributed by atoms with Gasteiger partial charge in [-0.1, -0.05) is 11.2 Å². The molecule has 20 heavy (non-hydrogen) atoms. The van der Waals surface area contributed by atoms with Crippen molar-refractivity contribution in [3.05, 3.63) is 24.0 Å². The van der Waals surface area contributed by atoms with E-state index >= 15 is 0 Å². The van der Waals surface area contributed by atoms with Crippen LogP contribution in [-0.4, -0.2) is 24.4 Å². The van der Waals surface area contributed by atoms with Crippen molar-refractivity contribution >= 4 is 0 Å². The SMILES string of the molecule is COc1cccc(OC)c1-c1nc(C(N)C2CC2)no1. The topological polar surface area (TPSA) is 83.4 Å². The Kier molecular flexibility index (Phi) is 3.31. The minimum absolute atomic E-state index is 0.159. The molecule has 2 aromatic rings. The molecule has 1 aromatic heterocycles. The predicted molar refractivity (Wildman–Crippen MR) is 72.5 cm³/mol. The number of ether oxygens (including phenoxy) is 2. The maximum atomic E-state index is 6.09. The van der Waals surface area contributed by atoms with Gasteiger partial charge in [0, 0.05) is 0 Å². The van der Waals surface area contributed by atoms with Crippen molar-refractivity contribution in [3.63, 3.8) is 0 Å². The summed E-state index contributed by atoms with van der Waals surface area (Å²) < 4.78 is 16.0. The number of nitrogens with two attached hydrogens (primary N) is 1.